The average molecular weight is 804 g/mol. The van der Waals surface area contributed by atoms with Crippen LogP contribution in [0.5, 0.6) is 0 Å². The zero-order chi connectivity index (χ0) is 42.1. The molecular formula is C46H57N7O6. The molecule has 312 valence electrons. The zero-order valence-electron chi connectivity index (χ0n) is 34.1. The molecule has 3 aromatic carbocycles. The summed E-state index contributed by atoms with van der Waals surface area (Å²) in [6, 6.07) is 23.3. The van der Waals surface area contributed by atoms with E-state index < -0.39 is 12.1 Å². The smallest absolute Gasteiger partial charge is 0.306 e. The lowest BCUT2D eigenvalue weighted by Gasteiger charge is -2.41. The molecule has 2 saturated carbocycles. The van der Waals surface area contributed by atoms with E-state index in [4.69, 9.17) is 21.3 Å². The lowest BCUT2D eigenvalue weighted by Crippen LogP contribution is -2.61. The van der Waals surface area contributed by atoms with Gasteiger partial charge in [-0.15, -0.1) is 0 Å². The van der Waals surface area contributed by atoms with Crippen molar-refractivity contribution in [2.24, 2.45) is 23.5 Å². The Morgan fingerprint density at radius 1 is 0.661 bits per heavy atom. The Morgan fingerprint density at radius 2 is 1.14 bits per heavy atom. The summed E-state index contributed by atoms with van der Waals surface area (Å²) in [4.78, 5) is 66.2. The molecule has 0 bridgehead atoms. The summed E-state index contributed by atoms with van der Waals surface area (Å²) in [6.07, 6.45) is 6.03. The van der Waals surface area contributed by atoms with Gasteiger partial charge < -0.3 is 41.7 Å². The maximum atomic E-state index is 13.3. The van der Waals surface area contributed by atoms with Crippen molar-refractivity contribution < 1.29 is 28.7 Å². The first kappa shape index (κ1) is 42.9. The highest BCUT2D eigenvalue weighted by Crippen LogP contribution is 2.41. The number of esters is 1. The number of nitrogens with two attached hydrogens (primary N) is 1. The molecule has 7 rings (SSSR count). The van der Waals surface area contributed by atoms with Gasteiger partial charge in [0.2, 0.25) is 23.6 Å². The molecule has 0 spiro atoms. The van der Waals surface area contributed by atoms with Gasteiger partial charge >= 0.3 is 5.97 Å². The summed E-state index contributed by atoms with van der Waals surface area (Å²) in [5.74, 6) is -0.294. The van der Waals surface area contributed by atoms with Gasteiger partial charge in [-0.2, -0.15) is 0 Å². The summed E-state index contributed by atoms with van der Waals surface area (Å²) >= 11 is 0. The van der Waals surface area contributed by atoms with E-state index in [2.05, 4.69) is 10.6 Å². The topological polar surface area (TPSA) is 199 Å². The van der Waals surface area contributed by atoms with Crippen molar-refractivity contribution in [1.82, 2.24) is 20.4 Å². The fourth-order valence-electron chi connectivity index (χ4n) is 7.41. The molecule has 59 heavy (non-hydrogen) atoms. The molecule has 13 nitrogen and oxygen atoms in total. The van der Waals surface area contributed by atoms with Crippen molar-refractivity contribution in [2.45, 2.75) is 103 Å². The Kier molecular flexibility index (Phi) is 14.4. The number of amides is 4. The van der Waals surface area contributed by atoms with Crippen molar-refractivity contribution in [3.05, 3.63) is 107 Å². The van der Waals surface area contributed by atoms with Crippen molar-refractivity contribution in [3.8, 4) is 0 Å². The second kappa shape index (κ2) is 19.8. The van der Waals surface area contributed by atoms with Crippen LogP contribution in [0.15, 0.2) is 78.9 Å². The standard InChI is InChI=1S/C28H33N3O4.C18H24N4O2/c1-19(29)22-9-7-20(8-10-22)17-30-27(33)25-15-16-31(25)28(34)24(23-11-12-23)13-14-26(32)35-18-21-5-3-2-4-6-21;1-11(19)13-4-2-12(3-5-13)10-21-17(23)15-8-9-22(15)18(24)16(20)14-6-7-14/h2-10,23-25,29H,11-18H2,1H3,(H,30,33);2-5,14-16,19H,6-10,20H2,1H3,(H,21,23)/t24-,25+;15-,16+/m10/s1. The van der Waals surface area contributed by atoms with Crippen LogP contribution in [0.3, 0.4) is 0 Å². The minimum absolute atomic E-state index is 0.0134. The molecule has 2 heterocycles. The third-order valence-corrected chi connectivity index (χ3v) is 11.7. The molecule has 6 N–H and O–H groups in total. The maximum absolute atomic E-state index is 13.3. The van der Waals surface area contributed by atoms with Crippen LogP contribution in [0.1, 0.15) is 93.0 Å². The normalized spacial score (nSPS) is 19.0. The predicted molar refractivity (Wildman–Crippen MR) is 224 cm³/mol. The monoisotopic (exact) mass is 803 g/mol. The van der Waals surface area contributed by atoms with E-state index in [0.29, 0.717) is 68.7 Å². The van der Waals surface area contributed by atoms with E-state index in [9.17, 15) is 24.0 Å². The molecule has 2 aliphatic carbocycles. The fraction of sp³-hybridized carbons (Fsp3) is 0.457. The second-order valence-corrected chi connectivity index (χ2v) is 16.2. The molecule has 2 aliphatic heterocycles. The SMILES string of the molecule is CC(=N)c1ccc(CNC(=O)[C@@H]2CCN2C(=O)[C@H](CCC(=O)OCc2ccccc2)C2CC2)cc1.CC(=N)c1ccc(CNC(=O)[C@@H]2CCN2C(=O)[C@H](N)C2CC2)cc1. The van der Waals surface area contributed by atoms with E-state index in [1.165, 1.54) is 0 Å². The first-order valence-corrected chi connectivity index (χ1v) is 20.8. The molecule has 4 aliphatic rings. The highest BCUT2D eigenvalue weighted by molar-refractivity contribution is 5.97. The first-order valence-electron chi connectivity index (χ1n) is 20.8. The van der Waals surface area contributed by atoms with Crippen LogP contribution in [0.25, 0.3) is 0 Å². The number of rotatable bonds is 17. The summed E-state index contributed by atoms with van der Waals surface area (Å²) in [7, 11) is 0. The molecule has 4 fully saturated rings. The minimum Gasteiger partial charge on any atom is -0.461 e. The van der Waals surface area contributed by atoms with Crippen LogP contribution in [0.2, 0.25) is 0 Å². The van der Waals surface area contributed by atoms with Crippen molar-refractivity contribution in [1.29, 1.82) is 10.8 Å². The molecule has 0 unspecified atom stereocenters. The Balaban J connectivity index is 0.000000213. The largest absolute Gasteiger partial charge is 0.461 e. The number of hydrogen-bond donors (Lipinski definition) is 5. The highest BCUT2D eigenvalue weighted by atomic mass is 16.5. The summed E-state index contributed by atoms with van der Waals surface area (Å²) < 4.78 is 5.37. The van der Waals surface area contributed by atoms with Crippen LogP contribution in [0, 0.1) is 28.6 Å². The van der Waals surface area contributed by atoms with Crippen molar-refractivity contribution >= 4 is 41.0 Å². The number of hydrogen-bond acceptors (Lipinski definition) is 9. The molecule has 0 aromatic heterocycles. The highest BCUT2D eigenvalue weighted by Gasteiger charge is 2.45. The Hall–Kier alpha value is -5.69. The fourth-order valence-corrected chi connectivity index (χ4v) is 7.41. The third kappa shape index (κ3) is 11.7. The van der Waals surface area contributed by atoms with Gasteiger partial charge in [0.05, 0.1) is 6.04 Å². The number of benzene rings is 3. The number of ether oxygens (including phenoxy) is 1. The van der Waals surface area contributed by atoms with Gasteiger partial charge in [0.15, 0.2) is 0 Å². The Bertz CT molecular complexity index is 2000. The van der Waals surface area contributed by atoms with Gasteiger partial charge in [0.1, 0.15) is 18.7 Å². The Labute approximate surface area is 346 Å². The van der Waals surface area contributed by atoms with E-state index >= 15 is 0 Å². The van der Waals surface area contributed by atoms with Gasteiger partial charge in [-0.05, 0) is 98.4 Å². The number of carbonyl (C=O) groups excluding carboxylic acids is 5. The summed E-state index contributed by atoms with van der Waals surface area (Å²) in [5, 5.41) is 21.1. The minimum atomic E-state index is -0.447. The molecule has 0 radical (unpaired) electrons. The van der Waals surface area contributed by atoms with E-state index in [1.54, 1.807) is 23.6 Å². The van der Waals surface area contributed by atoms with E-state index in [1.807, 2.05) is 78.9 Å². The predicted octanol–water partition coefficient (Wildman–Crippen LogP) is 4.87. The summed E-state index contributed by atoms with van der Waals surface area (Å²) in [5.41, 5.74) is 11.6. The van der Waals surface area contributed by atoms with Crippen LogP contribution in [0.4, 0.5) is 0 Å². The molecular weight excluding hydrogens is 747 g/mol. The van der Waals surface area contributed by atoms with Crippen molar-refractivity contribution in [3.63, 3.8) is 0 Å². The molecule has 4 amide bonds. The number of likely N-dealkylation sites (tertiary alicyclic amines) is 2. The number of nitrogens with one attached hydrogen (secondary N) is 4. The maximum Gasteiger partial charge on any atom is 0.306 e. The van der Waals surface area contributed by atoms with Crippen molar-refractivity contribution in [2.75, 3.05) is 13.1 Å². The second-order valence-electron chi connectivity index (χ2n) is 16.2. The van der Waals surface area contributed by atoms with Gasteiger partial charge in [-0.1, -0.05) is 78.9 Å². The molecule has 2 saturated heterocycles. The van der Waals surface area contributed by atoms with Crippen LogP contribution in [-0.4, -0.2) is 82.0 Å². The lowest BCUT2D eigenvalue weighted by molar-refractivity contribution is -0.152. The zero-order valence-corrected chi connectivity index (χ0v) is 34.1. The molecule has 3 aromatic rings. The average Bonchev–Trinajstić information content (AvgIpc) is 4.14. The van der Waals surface area contributed by atoms with Gasteiger partial charge in [0.25, 0.3) is 0 Å². The quantitative estimate of drug-likeness (QED) is 0.0947. The van der Waals surface area contributed by atoms with E-state index in [-0.39, 0.29) is 54.6 Å². The number of carbonyl (C=O) groups is 5. The third-order valence-electron chi connectivity index (χ3n) is 11.7. The first-order chi connectivity index (χ1) is 28.4. The van der Waals surface area contributed by atoms with Gasteiger partial charge in [0, 0.05) is 49.9 Å². The van der Waals surface area contributed by atoms with Crippen LogP contribution >= 0.6 is 0 Å². The molecule has 13 heteroatoms. The van der Waals surface area contributed by atoms with Crippen LogP contribution < -0.4 is 16.4 Å². The lowest BCUT2D eigenvalue weighted by atomic mass is 9.92. The number of nitrogens with zero attached hydrogens (tertiary/aromatic N) is 2. The van der Waals surface area contributed by atoms with Gasteiger partial charge in [-0.25, -0.2) is 0 Å². The van der Waals surface area contributed by atoms with E-state index in [0.717, 1.165) is 53.5 Å². The molecule has 4 atom stereocenters. The van der Waals surface area contributed by atoms with Crippen LogP contribution in [-0.2, 0) is 48.4 Å². The van der Waals surface area contributed by atoms with Gasteiger partial charge in [-0.3, -0.25) is 24.0 Å². The summed E-state index contributed by atoms with van der Waals surface area (Å²) in [6.45, 7) is 5.71. The Morgan fingerprint density at radius 3 is 1.56 bits per heavy atom.